The first-order valence-electron chi connectivity index (χ1n) is 6.39. The number of carbonyl (C=O) groups is 1. The largest absolute Gasteiger partial charge is 0.381 e. The number of ether oxygens (including phenoxy) is 1. The molecule has 0 atom stereocenters. The van der Waals surface area contributed by atoms with Crippen LogP contribution in [-0.2, 0) is 17.6 Å². The maximum Gasteiger partial charge on any atom is 0.168 e. The third kappa shape index (κ3) is 4.26. The predicted molar refractivity (Wildman–Crippen MR) is 76.8 cm³/mol. The highest BCUT2D eigenvalue weighted by Gasteiger charge is 2.09. The number of benzene rings is 1. The van der Waals surface area contributed by atoms with E-state index in [-0.39, 0.29) is 5.78 Å². The van der Waals surface area contributed by atoms with Crippen molar-refractivity contribution in [1.29, 1.82) is 0 Å². The first-order valence-corrected chi connectivity index (χ1v) is 7.27. The molecule has 0 saturated heterocycles. The van der Waals surface area contributed by atoms with Crippen molar-refractivity contribution in [3.8, 4) is 0 Å². The van der Waals surface area contributed by atoms with Crippen molar-refractivity contribution < 1.29 is 9.53 Å². The number of Topliss-reactive ketones (excluding diaryl/α,β-unsaturated/α-hetero) is 1. The van der Waals surface area contributed by atoms with E-state index in [9.17, 15) is 4.79 Å². The monoisotopic (exact) mass is 275 g/mol. The van der Waals surface area contributed by atoms with Crippen molar-refractivity contribution in [2.45, 2.75) is 19.8 Å². The first kappa shape index (κ1) is 13.9. The minimum atomic E-state index is 0.113. The van der Waals surface area contributed by atoms with Crippen molar-refractivity contribution >= 4 is 17.1 Å². The van der Waals surface area contributed by atoms with E-state index in [1.54, 1.807) is 11.3 Å². The molecule has 0 radical (unpaired) electrons. The van der Waals surface area contributed by atoms with Crippen LogP contribution < -0.4 is 0 Å². The SMILES string of the molecule is CCOCCc1nc(CC(=O)c2ccccc2)cs1. The molecule has 1 aromatic heterocycles. The molecule has 0 aliphatic carbocycles. The minimum absolute atomic E-state index is 0.113. The zero-order chi connectivity index (χ0) is 13.5. The summed E-state index contributed by atoms with van der Waals surface area (Å²) in [7, 11) is 0. The van der Waals surface area contributed by atoms with Gasteiger partial charge in [0.1, 0.15) is 0 Å². The third-order valence-corrected chi connectivity index (χ3v) is 3.66. The van der Waals surface area contributed by atoms with Gasteiger partial charge in [-0.2, -0.15) is 0 Å². The number of ketones is 1. The lowest BCUT2D eigenvalue weighted by atomic mass is 10.1. The number of thiazole rings is 1. The van der Waals surface area contributed by atoms with Gasteiger partial charge in [0.2, 0.25) is 0 Å². The van der Waals surface area contributed by atoms with Gasteiger partial charge in [-0.3, -0.25) is 4.79 Å². The summed E-state index contributed by atoms with van der Waals surface area (Å²) in [5.74, 6) is 0.113. The lowest BCUT2D eigenvalue weighted by molar-refractivity contribution is 0.0992. The highest BCUT2D eigenvalue weighted by molar-refractivity contribution is 7.09. The smallest absolute Gasteiger partial charge is 0.168 e. The average molecular weight is 275 g/mol. The van der Waals surface area contributed by atoms with Crippen LogP contribution in [-0.4, -0.2) is 24.0 Å². The molecule has 4 heteroatoms. The summed E-state index contributed by atoms with van der Waals surface area (Å²) >= 11 is 1.59. The Morgan fingerprint density at radius 2 is 2.11 bits per heavy atom. The molecular formula is C15H17NO2S. The minimum Gasteiger partial charge on any atom is -0.381 e. The Balaban J connectivity index is 1.91. The lowest BCUT2D eigenvalue weighted by Crippen LogP contribution is -2.04. The Labute approximate surface area is 117 Å². The molecule has 1 aromatic carbocycles. The van der Waals surface area contributed by atoms with Crippen molar-refractivity contribution in [2.75, 3.05) is 13.2 Å². The first-order chi connectivity index (χ1) is 9.29. The Morgan fingerprint density at radius 3 is 2.84 bits per heavy atom. The van der Waals surface area contributed by atoms with Crippen molar-refractivity contribution in [2.24, 2.45) is 0 Å². The predicted octanol–water partition coefficient (Wildman–Crippen LogP) is 3.15. The fourth-order valence-electron chi connectivity index (χ4n) is 1.74. The van der Waals surface area contributed by atoms with E-state index in [2.05, 4.69) is 4.98 Å². The zero-order valence-corrected chi connectivity index (χ0v) is 11.8. The number of hydrogen-bond acceptors (Lipinski definition) is 4. The van der Waals surface area contributed by atoms with Crippen LogP contribution in [0.25, 0.3) is 0 Å². The molecule has 100 valence electrons. The molecular weight excluding hydrogens is 258 g/mol. The average Bonchev–Trinajstić information content (AvgIpc) is 2.88. The highest BCUT2D eigenvalue weighted by Crippen LogP contribution is 2.13. The Kier molecular flexibility index (Phi) is 5.24. The second kappa shape index (κ2) is 7.16. The van der Waals surface area contributed by atoms with Crippen LogP contribution >= 0.6 is 11.3 Å². The summed E-state index contributed by atoms with van der Waals surface area (Å²) in [6, 6.07) is 9.34. The van der Waals surface area contributed by atoms with E-state index in [4.69, 9.17) is 4.74 Å². The second-order valence-corrected chi connectivity index (χ2v) is 5.09. The van der Waals surface area contributed by atoms with E-state index in [1.807, 2.05) is 42.6 Å². The van der Waals surface area contributed by atoms with E-state index in [0.29, 0.717) is 13.0 Å². The number of rotatable bonds is 7. The van der Waals surface area contributed by atoms with E-state index in [0.717, 1.165) is 29.3 Å². The number of carbonyl (C=O) groups excluding carboxylic acids is 1. The standard InChI is InChI=1S/C15H17NO2S/c1-2-18-9-8-15-16-13(11-19-15)10-14(17)12-6-4-3-5-7-12/h3-7,11H,2,8-10H2,1H3. The Hall–Kier alpha value is -1.52. The Morgan fingerprint density at radius 1 is 1.32 bits per heavy atom. The van der Waals surface area contributed by atoms with Gasteiger partial charge in [-0.1, -0.05) is 30.3 Å². The summed E-state index contributed by atoms with van der Waals surface area (Å²) in [4.78, 5) is 16.5. The van der Waals surface area contributed by atoms with Gasteiger partial charge in [0.15, 0.2) is 5.78 Å². The topological polar surface area (TPSA) is 39.2 Å². The lowest BCUT2D eigenvalue weighted by Gasteiger charge is -1.98. The van der Waals surface area contributed by atoms with Gasteiger partial charge in [-0.05, 0) is 6.92 Å². The molecule has 0 N–H and O–H groups in total. The molecule has 0 fully saturated rings. The van der Waals surface area contributed by atoms with Crippen molar-refractivity contribution in [1.82, 2.24) is 4.98 Å². The molecule has 0 aliphatic heterocycles. The summed E-state index contributed by atoms with van der Waals surface area (Å²) in [6.45, 7) is 3.40. The fraction of sp³-hybridized carbons (Fsp3) is 0.333. The van der Waals surface area contributed by atoms with Gasteiger partial charge in [-0.25, -0.2) is 4.98 Å². The van der Waals surface area contributed by atoms with E-state index in [1.165, 1.54) is 0 Å². The number of nitrogens with zero attached hydrogens (tertiary/aromatic N) is 1. The molecule has 2 aromatic rings. The van der Waals surface area contributed by atoms with Gasteiger partial charge in [0.25, 0.3) is 0 Å². The summed E-state index contributed by atoms with van der Waals surface area (Å²) < 4.78 is 5.30. The van der Waals surface area contributed by atoms with Crippen LogP contribution in [0.3, 0.4) is 0 Å². The quantitative estimate of drug-likeness (QED) is 0.575. The summed E-state index contributed by atoms with van der Waals surface area (Å²) in [6.07, 6.45) is 1.19. The van der Waals surface area contributed by atoms with Gasteiger partial charge >= 0.3 is 0 Å². The van der Waals surface area contributed by atoms with Crippen molar-refractivity contribution in [3.63, 3.8) is 0 Å². The van der Waals surface area contributed by atoms with Crippen LogP contribution in [0.5, 0.6) is 0 Å². The zero-order valence-electron chi connectivity index (χ0n) is 11.0. The molecule has 1 heterocycles. The molecule has 2 rings (SSSR count). The summed E-state index contributed by atoms with van der Waals surface area (Å²) in [5, 5.41) is 2.99. The van der Waals surface area contributed by atoms with Crippen molar-refractivity contribution in [3.05, 3.63) is 52.0 Å². The maximum atomic E-state index is 12.0. The van der Waals surface area contributed by atoms with Gasteiger partial charge in [0.05, 0.1) is 23.7 Å². The molecule has 19 heavy (non-hydrogen) atoms. The molecule has 0 amide bonds. The molecule has 0 unspecified atom stereocenters. The van der Waals surface area contributed by atoms with Crippen LogP contribution in [0.2, 0.25) is 0 Å². The highest BCUT2D eigenvalue weighted by atomic mass is 32.1. The van der Waals surface area contributed by atoms with Crippen LogP contribution in [0.15, 0.2) is 35.7 Å². The number of aromatic nitrogens is 1. The normalized spacial score (nSPS) is 10.6. The molecule has 0 aliphatic rings. The fourth-order valence-corrected chi connectivity index (χ4v) is 2.52. The molecule has 0 saturated carbocycles. The molecule has 0 bridgehead atoms. The molecule has 3 nitrogen and oxygen atoms in total. The van der Waals surface area contributed by atoms with Crippen LogP contribution in [0.1, 0.15) is 28.0 Å². The number of hydrogen-bond donors (Lipinski definition) is 0. The maximum absolute atomic E-state index is 12.0. The van der Waals surface area contributed by atoms with Crippen LogP contribution in [0, 0.1) is 0 Å². The second-order valence-electron chi connectivity index (χ2n) is 4.15. The van der Waals surface area contributed by atoms with Gasteiger partial charge < -0.3 is 4.74 Å². The third-order valence-electron chi connectivity index (χ3n) is 2.70. The van der Waals surface area contributed by atoms with Gasteiger partial charge in [0, 0.05) is 24.0 Å². The summed E-state index contributed by atoms with van der Waals surface area (Å²) in [5.41, 5.74) is 1.59. The van der Waals surface area contributed by atoms with E-state index < -0.39 is 0 Å². The van der Waals surface area contributed by atoms with Gasteiger partial charge in [-0.15, -0.1) is 11.3 Å². The van der Waals surface area contributed by atoms with E-state index >= 15 is 0 Å². The molecule has 0 spiro atoms. The Bertz CT molecular complexity index is 522. The van der Waals surface area contributed by atoms with Crippen LogP contribution in [0.4, 0.5) is 0 Å².